The standard InChI is InChI=1S/C19H28N2O4/c1-12(2)14(21-7-9-24-10-8-21)11-20-19(23)18-13(3)17-15(22)5-4-6-16(17)25-18/h12,14H,4-11H2,1-3H3,(H,20,23)/t14-/m0/s1. The van der Waals surface area contributed by atoms with Crippen LogP contribution in [0.15, 0.2) is 4.42 Å². The lowest BCUT2D eigenvalue weighted by Gasteiger charge is -2.36. The van der Waals surface area contributed by atoms with Crippen LogP contribution in [0, 0.1) is 12.8 Å². The molecule has 1 aromatic rings. The first-order chi connectivity index (χ1) is 12.0. The van der Waals surface area contributed by atoms with Gasteiger partial charge in [0.2, 0.25) is 0 Å². The van der Waals surface area contributed by atoms with Crippen molar-refractivity contribution in [1.82, 2.24) is 10.2 Å². The molecule has 0 aromatic carbocycles. The predicted molar refractivity (Wildman–Crippen MR) is 94.1 cm³/mol. The van der Waals surface area contributed by atoms with E-state index in [4.69, 9.17) is 9.15 Å². The van der Waals surface area contributed by atoms with Gasteiger partial charge in [-0.3, -0.25) is 14.5 Å². The average Bonchev–Trinajstić information content (AvgIpc) is 2.94. The maximum atomic E-state index is 12.6. The molecule has 138 valence electrons. The van der Waals surface area contributed by atoms with Crippen LogP contribution in [0.25, 0.3) is 0 Å². The van der Waals surface area contributed by atoms with Gasteiger partial charge in [0.05, 0.1) is 18.8 Å². The Morgan fingerprint density at radius 2 is 1.96 bits per heavy atom. The number of Topliss-reactive ketones (excluding diaryl/α,β-unsaturated/α-hetero) is 1. The summed E-state index contributed by atoms with van der Waals surface area (Å²) in [6.45, 7) is 9.97. The van der Waals surface area contributed by atoms with Crippen LogP contribution in [0.4, 0.5) is 0 Å². The van der Waals surface area contributed by atoms with E-state index >= 15 is 0 Å². The third-order valence-corrected chi connectivity index (χ3v) is 5.27. The number of hydrogen-bond donors (Lipinski definition) is 1. The van der Waals surface area contributed by atoms with Crippen molar-refractivity contribution in [1.29, 1.82) is 0 Å². The number of nitrogens with zero attached hydrogens (tertiary/aromatic N) is 1. The van der Waals surface area contributed by atoms with Crippen LogP contribution >= 0.6 is 0 Å². The molecule has 1 amide bonds. The first kappa shape index (κ1) is 18.1. The molecule has 2 heterocycles. The Balaban J connectivity index is 1.68. The summed E-state index contributed by atoms with van der Waals surface area (Å²) in [6.07, 6.45) is 2.07. The molecule has 25 heavy (non-hydrogen) atoms. The molecule has 1 saturated heterocycles. The Morgan fingerprint density at radius 3 is 2.60 bits per heavy atom. The Hall–Kier alpha value is -1.66. The lowest BCUT2D eigenvalue weighted by molar-refractivity contribution is 0.00665. The van der Waals surface area contributed by atoms with E-state index in [1.807, 2.05) is 6.92 Å². The zero-order chi connectivity index (χ0) is 18.0. The van der Waals surface area contributed by atoms with E-state index in [-0.39, 0.29) is 17.7 Å². The summed E-state index contributed by atoms with van der Waals surface area (Å²) >= 11 is 0. The smallest absolute Gasteiger partial charge is 0.287 e. The van der Waals surface area contributed by atoms with Gasteiger partial charge >= 0.3 is 0 Å². The van der Waals surface area contributed by atoms with Crippen molar-refractivity contribution in [2.75, 3.05) is 32.8 Å². The highest BCUT2D eigenvalue weighted by Crippen LogP contribution is 2.29. The molecule has 3 rings (SSSR count). The number of furan rings is 1. The Kier molecular flexibility index (Phi) is 5.59. The fourth-order valence-electron chi connectivity index (χ4n) is 3.84. The van der Waals surface area contributed by atoms with E-state index in [2.05, 4.69) is 24.1 Å². The third kappa shape index (κ3) is 3.80. The molecule has 1 atom stereocenters. The van der Waals surface area contributed by atoms with E-state index in [1.54, 1.807) is 0 Å². The van der Waals surface area contributed by atoms with Gasteiger partial charge in [-0.1, -0.05) is 13.8 Å². The summed E-state index contributed by atoms with van der Waals surface area (Å²) in [7, 11) is 0. The summed E-state index contributed by atoms with van der Waals surface area (Å²) < 4.78 is 11.2. The number of ether oxygens (including phenoxy) is 1. The van der Waals surface area contributed by atoms with Crippen molar-refractivity contribution >= 4 is 11.7 Å². The number of hydrogen-bond acceptors (Lipinski definition) is 5. The summed E-state index contributed by atoms with van der Waals surface area (Å²) in [5, 5.41) is 3.02. The topological polar surface area (TPSA) is 71.8 Å². The van der Waals surface area contributed by atoms with E-state index in [0.717, 1.165) is 39.1 Å². The SMILES string of the molecule is Cc1c(C(=O)NC[C@@H](C(C)C)N2CCOCC2)oc2c1C(=O)CCC2. The summed E-state index contributed by atoms with van der Waals surface area (Å²) in [4.78, 5) is 27.1. The molecule has 1 N–H and O–H groups in total. The van der Waals surface area contributed by atoms with Gasteiger partial charge in [0.25, 0.3) is 5.91 Å². The van der Waals surface area contributed by atoms with Crippen molar-refractivity contribution in [2.24, 2.45) is 5.92 Å². The molecule has 0 saturated carbocycles. The van der Waals surface area contributed by atoms with Crippen molar-refractivity contribution in [3.8, 4) is 0 Å². The number of nitrogens with one attached hydrogen (secondary N) is 1. The second-order valence-electron chi connectivity index (χ2n) is 7.30. The van der Waals surface area contributed by atoms with Crippen LogP contribution in [0.3, 0.4) is 0 Å². The zero-order valence-corrected chi connectivity index (χ0v) is 15.4. The highest BCUT2D eigenvalue weighted by Gasteiger charge is 2.30. The molecule has 0 bridgehead atoms. The lowest BCUT2D eigenvalue weighted by atomic mass is 9.94. The van der Waals surface area contributed by atoms with Gasteiger partial charge in [0.15, 0.2) is 11.5 Å². The van der Waals surface area contributed by atoms with Crippen molar-refractivity contribution in [2.45, 2.75) is 46.1 Å². The maximum absolute atomic E-state index is 12.6. The molecule has 6 heteroatoms. The van der Waals surface area contributed by atoms with Crippen LogP contribution in [0.1, 0.15) is 58.9 Å². The number of morpholine rings is 1. The number of aryl methyl sites for hydroxylation is 1. The number of ketones is 1. The molecule has 0 radical (unpaired) electrons. The molecule has 1 fully saturated rings. The number of rotatable bonds is 5. The second-order valence-corrected chi connectivity index (χ2v) is 7.30. The predicted octanol–water partition coefficient (Wildman–Crippen LogP) is 2.19. The third-order valence-electron chi connectivity index (χ3n) is 5.27. The van der Waals surface area contributed by atoms with Crippen molar-refractivity contribution < 1.29 is 18.7 Å². The van der Waals surface area contributed by atoms with E-state index < -0.39 is 0 Å². The zero-order valence-electron chi connectivity index (χ0n) is 15.4. The van der Waals surface area contributed by atoms with Gasteiger partial charge in [-0.25, -0.2) is 0 Å². The fourth-order valence-corrected chi connectivity index (χ4v) is 3.84. The minimum absolute atomic E-state index is 0.0925. The lowest BCUT2D eigenvalue weighted by Crippen LogP contribution is -2.51. The van der Waals surface area contributed by atoms with E-state index in [0.29, 0.717) is 41.5 Å². The summed E-state index contributed by atoms with van der Waals surface area (Å²) in [6, 6.07) is 0.263. The number of carbonyl (C=O) groups is 2. The summed E-state index contributed by atoms with van der Waals surface area (Å²) in [5.74, 6) is 1.26. The minimum Gasteiger partial charge on any atom is -0.455 e. The molecule has 0 spiro atoms. The largest absolute Gasteiger partial charge is 0.455 e. The van der Waals surface area contributed by atoms with Gasteiger partial charge in [-0.15, -0.1) is 0 Å². The molecule has 1 aromatic heterocycles. The monoisotopic (exact) mass is 348 g/mol. The normalized spacial score (nSPS) is 19.8. The fraction of sp³-hybridized carbons (Fsp3) is 0.684. The maximum Gasteiger partial charge on any atom is 0.287 e. The Labute approximate surface area is 148 Å². The number of amides is 1. The number of carbonyl (C=O) groups excluding carboxylic acids is 2. The van der Waals surface area contributed by atoms with Crippen LogP contribution in [-0.4, -0.2) is 55.5 Å². The molecule has 1 aliphatic heterocycles. The van der Waals surface area contributed by atoms with Crippen LogP contribution in [0.5, 0.6) is 0 Å². The van der Waals surface area contributed by atoms with Crippen LogP contribution in [0.2, 0.25) is 0 Å². The van der Waals surface area contributed by atoms with Gasteiger partial charge in [0, 0.05) is 44.1 Å². The van der Waals surface area contributed by atoms with E-state index in [1.165, 1.54) is 0 Å². The van der Waals surface area contributed by atoms with Gasteiger partial charge in [0.1, 0.15) is 5.76 Å². The van der Waals surface area contributed by atoms with Gasteiger partial charge in [-0.2, -0.15) is 0 Å². The van der Waals surface area contributed by atoms with Crippen LogP contribution in [-0.2, 0) is 11.2 Å². The first-order valence-corrected chi connectivity index (χ1v) is 9.24. The second kappa shape index (κ2) is 7.70. The Morgan fingerprint density at radius 1 is 1.24 bits per heavy atom. The Bertz CT molecular complexity index is 644. The summed E-state index contributed by atoms with van der Waals surface area (Å²) in [5.41, 5.74) is 1.31. The van der Waals surface area contributed by atoms with Crippen molar-refractivity contribution in [3.05, 3.63) is 22.6 Å². The van der Waals surface area contributed by atoms with Gasteiger partial charge < -0.3 is 14.5 Å². The molecular weight excluding hydrogens is 320 g/mol. The average molecular weight is 348 g/mol. The number of fused-ring (bicyclic) bond motifs is 1. The van der Waals surface area contributed by atoms with Crippen LogP contribution < -0.4 is 5.32 Å². The molecule has 0 unspecified atom stereocenters. The van der Waals surface area contributed by atoms with Gasteiger partial charge in [-0.05, 0) is 19.3 Å². The highest BCUT2D eigenvalue weighted by molar-refractivity contribution is 6.03. The molecular formula is C19H28N2O4. The first-order valence-electron chi connectivity index (χ1n) is 9.24. The quantitative estimate of drug-likeness (QED) is 0.883. The highest BCUT2D eigenvalue weighted by atomic mass is 16.5. The molecule has 2 aliphatic rings. The van der Waals surface area contributed by atoms with Crippen molar-refractivity contribution in [3.63, 3.8) is 0 Å². The molecule has 1 aliphatic carbocycles. The van der Waals surface area contributed by atoms with E-state index in [9.17, 15) is 9.59 Å². The minimum atomic E-state index is -0.224. The molecule has 6 nitrogen and oxygen atoms in total.